The molecule has 0 aliphatic heterocycles. The van der Waals surface area contributed by atoms with E-state index in [1.807, 2.05) is 60.7 Å². The molecule has 2 aromatic carbocycles. The first-order valence-electron chi connectivity index (χ1n) is 9.04. The summed E-state index contributed by atoms with van der Waals surface area (Å²) in [6, 6.07) is 19.3. The number of benzene rings is 2. The Balaban J connectivity index is 2.22. The van der Waals surface area contributed by atoms with Crippen LogP contribution in [0, 0.1) is 0 Å². The Morgan fingerprint density at radius 3 is 1.40 bits per heavy atom. The molecule has 0 saturated carbocycles. The van der Waals surface area contributed by atoms with Crippen molar-refractivity contribution in [2.24, 2.45) is 0 Å². The van der Waals surface area contributed by atoms with Crippen molar-refractivity contribution in [1.82, 2.24) is 0 Å². The first-order chi connectivity index (χ1) is 12.3. The van der Waals surface area contributed by atoms with E-state index in [9.17, 15) is 0 Å². The third kappa shape index (κ3) is 7.21. The Bertz CT molecular complexity index is 523. The van der Waals surface area contributed by atoms with Crippen LogP contribution in [-0.4, -0.2) is 13.2 Å². The fourth-order valence-corrected chi connectivity index (χ4v) is 5.25. The van der Waals surface area contributed by atoms with E-state index in [4.69, 9.17) is 13.3 Å². The summed E-state index contributed by atoms with van der Waals surface area (Å²) in [7, 11) is 0. The van der Waals surface area contributed by atoms with Crippen molar-refractivity contribution in [3.8, 4) is 11.5 Å². The van der Waals surface area contributed by atoms with E-state index in [2.05, 4.69) is 13.8 Å². The van der Waals surface area contributed by atoms with Gasteiger partial charge in [-0.3, -0.25) is 0 Å². The van der Waals surface area contributed by atoms with Crippen molar-refractivity contribution >= 4 is 0 Å². The van der Waals surface area contributed by atoms with Crippen LogP contribution in [0.25, 0.3) is 0 Å². The fourth-order valence-electron chi connectivity index (χ4n) is 2.13. The SMILES string of the molecule is CCCC[O][Ti]([O]CCCC)([O]c1ccccc1)[O]c1ccccc1. The molecule has 5 heteroatoms. The Kier molecular flexibility index (Phi) is 9.05. The van der Waals surface area contributed by atoms with Crippen LogP contribution in [0.1, 0.15) is 39.5 Å². The van der Waals surface area contributed by atoms with Crippen molar-refractivity contribution in [2.75, 3.05) is 13.2 Å². The molecule has 4 nitrogen and oxygen atoms in total. The predicted molar refractivity (Wildman–Crippen MR) is 95.9 cm³/mol. The van der Waals surface area contributed by atoms with Gasteiger partial charge >= 0.3 is 156 Å². The standard InChI is InChI=1S/2C6H6O.2C4H9O.Ti/c2*7-6-4-2-1-3-5-6;2*1-2-3-4-5;/h2*1-5,7H;2*2-4H2,1H3;/q;;2*-1;+4/p-2. The van der Waals surface area contributed by atoms with E-state index < -0.39 is 18.1 Å². The molecular weight excluding hydrogens is 352 g/mol. The Labute approximate surface area is 156 Å². The first kappa shape index (κ1) is 20.0. The summed E-state index contributed by atoms with van der Waals surface area (Å²) >= 11 is -3.97. The molecule has 25 heavy (non-hydrogen) atoms. The summed E-state index contributed by atoms with van der Waals surface area (Å²) in [5, 5.41) is 0. The monoisotopic (exact) mass is 380 g/mol. The molecule has 0 aliphatic carbocycles. The van der Waals surface area contributed by atoms with Gasteiger partial charge in [0.1, 0.15) is 0 Å². The van der Waals surface area contributed by atoms with Gasteiger partial charge in [-0.1, -0.05) is 0 Å². The fraction of sp³-hybridized carbons (Fsp3) is 0.400. The van der Waals surface area contributed by atoms with Gasteiger partial charge in [-0.05, 0) is 0 Å². The molecule has 0 heterocycles. The van der Waals surface area contributed by atoms with Gasteiger partial charge in [0, 0.05) is 0 Å². The van der Waals surface area contributed by atoms with Crippen LogP contribution in [0.5, 0.6) is 11.5 Å². The maximum atomic E-state index is 6.22. The van der Waals surface area contributed by atoms with E-state index in [-0.39, 0.29) is 0 Å². The van der Waals surface area contributed by atoms with Crippen LogP contribution in [0.3, 0.4) is 0 Å². The average Bonchev–Trinajstić information content (AvgIpc) is 2.64. The van der Waals surface area contributed by atoms with Crippen molar-refractivity contribution in [1.29, 1.82) is 0 Å². The molecule has 0 spiro atoms. The molecule has 2 aromatic rings. The van der Waals surface area contributed by atoms with E-state index in [0.717, 1.165) is 25.7 Å². The summed E-state index contributed by atoms with van der Waals surface area (Å²) in [6.07, 6.45) is 3.98. The van der Waals surface area contributed by atoms with Crippen LogP contribution in [0.4, 0.5) is 0 Å². The van der Waals surface area contributed by atoms with Gasteiger partial charge in [0.05, 0.1) is 0 Å². The Morgan fingerprint density at radius 1 is 0.640 bits per heavy atom. The molecule has 0 N–H and O–H groups in total. The molecular formula is C20H28O4Ti. The molecule has 2 rings (SSSR count). The molecule has 0 fully saturated rings. The molecule has 136 valence electrons. The van der Waals surface area contributed by atoms with Gasteiger partial charge < -0.3 is 0 Å². The number of unbranched alkanes of at least 4 members (excludes halogenated alkanes) is 2. The number of rotatable bonds is 12. The third-order valence-corrected chi connectivity index (χ3v) is 6.78. The second kappa shape index (κ2) is 11.3. The van der Waals surface area contributed by atoms with Gasteiger partial charge in [-0.25, -0.2) is 0 Å². The van der Waals surface area contributed by atoms with E-state index in [1.165, 1.54) is 0 Å². The summed E-state index contributed by atoms with van der Waals surface area (Å²) in [4.78, 5) is 0. The molecule has 0 radical (unpaired) electrons. The zero-order valence-electron chi connectivity index (χ0n) is 15.1. The van der Waals surface area contributed by atoms with Crippen molar-refractivity contribution in [3.05, 3.63) is 60.7 Å². The Morgan fingerprint density at radius 2 is 1.04 bits per heavy atom. The number of hydrogen-bond acceptors (Lipinski definition) is 4. The van der Waals surface area contributed by atoms with Gasteiger partial charge in [0.15, 0.2) is 0 Å². The molecule has 0 aromatic heterocycles. The second-order valence-electron chi connectivity index (χ2n) is 5.73. The van der Waals surface area contributed by atoms with Gasteiger partial charge in [-0.15, -0.1) is 0 Å². The first-order valence-corrected chi connectivity index (χ1v) is 11.6. The van der Waals surface area contributed by atoms with E-state index >= 15 is 0 Å². The van der Waals surface area contributed by atoms with Gasteiger partial charge in [-0.2, -0.15) is 0 Å². The maximum absolute atomic E-state index is 6.22. The predicted octanol–water partition coefficient (Wildman–Crippen LogP) is 5.59. The van der Waals surface area contributed by atoms with Crippen LogP contribution in [0.15, 0.2) is 60.7 Å². The van der Waals surface area contributed by atoms with Crippen LogP contribution >= 0.6 is 0 Å². The molecule has 0 amide bonds. The zero-order valence-corrected chi connectivity index (χ0v) is 16.7. The van der Waals surface area contributed by atoms with Crippen LogP contribution in [-0.2, 0) is 24.8 Å². The van der Waals surface area contributed by atoms with Gasteiger partial charge in [0.25, 0.3) is 0 Å². The molecule has 0 bridgehead atoms. The normalized spacial score (nSPS) is 11.3. The number of para-hydroxylation sites is 2. The topological polar surface area (TPSA) is 36.9 Å². The summed E-state index contributed by atoms with van der Waals surface area (Å²) < 4.78 is 24.7. The minimum absolute atomic E-state index is 0.572. The average molecular weight is 380 g/mol. The molecule has 0 aliphatic rings. The second-order valence-corrected chi connectivity index (χ2v) is 8.83. The van der Waals surface area contributed by atoms with Crippen LogP contribution in [0.2, 0.25) is 0 Å². The van der Waals surface area contributed by atoms with E-state index in [1.54, 1.807) is 0 Å². The van der Waals surface area contributed by atoms with E-state index in [0.29, 0.717) is 24.7 Å². The molecule has 0 unspecified atom stereocenters. The molecule has 0 saturated heterocycles. The molecule has 0 atom stereocenters. The quantitative estimate of drug-likeness (QED) is 0.355. The van der Waals surface area contributed by atoms with Crippen molar-refractivity contribution in [3.63, 3.8) is 0 Å². The summed E-state index contributed by atoms with van der Waals surface area (Å²) in [5.74, 6) is 1.43. The zero-order chi connectivity index (χ0) is 17.8. The summed E-state index contributed by atoms with van der Waals surface area (Å²) in [5.41, 5.74) is 0. The number of hydrogen-bond donors (Lipinski definition) is 0. The Hall–Kier alpha value is -1.33. The van der Waals surface area contributed by atoms with Gasteiger partial charge in [0.2, 0.25) is 0 Å². The van der Waals surface area contributed by atoms with Crippen molar-refractivity contribution < 1.29 is 31.4 Å². The third-order valence-electron chi connectivity index (χ3n) is 3.53. The van der Waals surface area contributed by atoms with Crippen molar-refractivity contribution in [2.45, 2.75) is 39.5 Å². The minimum atomic E-state index is -3.97. The summed E-state index contributed by atoms with van der Waals surface area (Å²) in [6.45, 7) is 5.41. The van der Waals surface area contributed by atoms with Crippen LogP contribution < -0.4 is 6.64 Å².